The van der Waals surface area contributed by atoms with Crippen LogP contribution in [0.25, 0.3) is 0 Å². The second-order valence-corrected chi connectivity index (χ2v) is 8.44. The van der Waals surface area contributed by atoms with E-state index in [9.17, 15) is 19.2 Å². The van der Waals surface area contributed by atoms with Gasteiger partial charge in [-0.3, -0.25) is 14.5 Å². The number of nitrogens with zero attached hydrogens (tertiary/aromatic N) is 3. The molecule has 8 heteroatoms. The summed E-state index contributed by atoms with van der Waals surface area (Å²) in [6.07, 6.45) is 1.30. The third kappa shape index (κ3) is 2.38. The number of benzene rings is 2. The van der Waals surface area contributed by atoms with E-state index in [2.05, 4.69) is 6.07 Å². The van der Waals surface area contributed by atoms with Crippen LogP contribution in [0.3, 0.4) is 0 Å². The predicted molar refractivity (Wildman–Crippen MR) is 118 cm³/mol. The maximum Gasteiger partial charge on any atom is 0.247 e. The second-order valence-electron chi connectivity index (χ2n) is 8.04. The number of hydrogen-bond acceptors (Lipinski definition) is 5. The van der Waals surface area contributed by atoms with E-state index in [-0.39, 0.29) is 34.2 Å². The first kappa shape index (κ1) is 20.3. The number of ketones is 1. The van der Waals surface area contributed by atoms with Crippen molar-refractivity contribution in [3.8, 4) is 6.07 Å². The van der Waals surface area contributed by atoms with E-state index in [0.29, 0.717) is 35.5 Å². The van der Waals surface area contributed by atoms with E-state index in [1.807, 2.05) is 0 Å². The number of allylic oxidation sites excluding steroid dienone is 1. The molecule has 0 unspecified atom stereocenters. The van der Waals surface area contributed by atoms with Gasteiger partial charge in [0.2, 0.25) is 5.91 Å². The minimum absolute atomic E-state index is 0.0197. The molecule has 1 aliphatic carbocycles. The van der Waals surface area contributed by atoms with Gasteiger partial charge in [0, 0.05) is 41.7 Å². The summed E-state index contributed by atoms with van der Waals surface area (Å²) in [7, 11) is 1.63. The first-order chi connectivity index (χ1) is 15.3. The molecule has 2 N–H and O–H groups in total. The van der Waals surface area contributed by atoms with Crippen LogP contribution in [0.2, 0.25) is 5.02 Å². The number of hydrogen-bond donors (Lipinski definition) is 1. The van der Waals surface area contributed by atoms with Gasteiger partial charge >= 0.3 is 0 Å². The SMILES string of the molecule is CN1C(=O)[C@@]2(C(C#N)=C(N)N(c3ccc(F)c(Cl)c3)C3=C2C(=O)CCC3)c2ccccc21. The molecule has 0 saturated carbocycles. The van der Waals surface area contributed by atoms with Crippen molar-refractivity contribution in [1.82, 2.24) is 0 Å². The fourth-order valence-corrected chi connectivity index (χ4v) is 5.33. The van der Waals surface area contributed by atoms with Crippen molar-refractivity contribution < 1.29 is 14.0 Å². The summed E-state index contributed by atoms with van der Waals surface area (Å²) < 4.78 is 13.8. The molecule has 2 aliphatic heterocycles. The third-order valence-electron chi connectivity index (χ3n) is 6.47. The quantitative estimate of drug-likeness (QED) is 0.714. The van der Waals surface area contributed by atoms with Crippen molar-refractivity contribution in [2.75, 3.05) is 16.8 Å². The van der Waals surface area contributed by atoms with Crippen LogP contribution in [-0.4, -0.2) is 18.7 Å². The van der Waals surface area contributed by atoms with Crippen molar-refractivity contribution in [3.05, 3.63) is 81.5 Å². The lowest BCUT2D eigenvalue weighted by molar-refractivity contribution is -0.124. The van der Waals surface area contributed by atoms with Gasteiger partial charge in [0.1, 0.15) is 23.1 Å². The summed E-state index contributed by atoms with van der Waals surface area (Å²) in [5, 5.41) is 10.1. The van der Waals surface area contributed by atoms with Crippen LogP contribution >= 0.6 is 11.6 Å². The molecule has 0 radical (unpaired) electrons. The van der Waals surface area contributed by atoms with Crippen LogP contribution in [0.4, 0.5) is 15.8 Å². The largest absolute Gasteiger partial charge is 0.384 e. The molecule has 0 aromatic heterocycles. The third-order valence-corrected chi connectivity index (χ3v) is 6.76. The van der Waals surface area contributed by atoms with Crippen LogP contribution in [0.5, 0.6) is 0 Å². The Morgan fingerprint density at radius 1 is 1.19 bits per heavy atom. The monoisotopic (exact) mass is 448 g/mol. The number of rotatable bonds is 1. The zero-order chi connectivity index (χ0) is 22.8. The van der Waals surface area contributed by atoms with Gasteiger partial charge in [-0.15, -0.1) is 0 Å². The minimum atomic E-state index is -1.60. The number of halogens is 2. The maximum absolute atomic E-state index is 13.8. The number of para-hydroxylation sites is 1. The fraction of sp³-hybridized carbons (Fsp3) is 0.208. The van der Waals surface area contributed by atoms with Gasteiger partial charge in [0.25, 0.3) is 0 Å². The normalized spacial score (nSPS) is 22.4. The van der Waals surface area contributed by atoms with Crippen molar-refractivity contribution >= 4 is 34.7 Å². The molecule has 0 saturated heterocycles. The molecule has 1 spiro atoms. The molecular formula is C24H18ClFN4O2. The summed E-state index contributed by atoms with van der Waals surface area (Å²) in [5.41, 5.74) is 7.35. The average Bonchev–Trinajstić information content (AvgIpc) is 2.99. The number of carbonyl (C=O) groups excluding carboxylic acids is 2. The molecule has 0 bridgehead atoms. The van der Waals surface area contributed by atoms with Gasteiger partial charge < -0.3 is 10.6 Å². The molecule has 1 atom stereocenters. The van der Waals surface area contributed by atoms with E-state index in [0.717, 1.165) is 0 Å². The molecule has 6 nitrogen and oxygen atoms in total. The lowest BCUT2D eigenvalue weighted by Crippen LogP contribution is -2.52. The van der Waals surface area contributed by atoms with Crippen LogP contribution in [0.1, 0.15) is 24.8 Å². The molecule has 3 aliphatic rings. The average molecular weight is 449 g/mol. The number of anilines is 2. The summed E-state index contributed by atoms with van der Waals surface area (Å²) >= 11 is 6.02. The summed E-state index contributed by atoms with van der Waals surface area (Å²) in [4.78, 5) is 30.2. The molecule has 160 valence electrons. The maximum atomic E-state index is 13.8. The second kappa shape index (κ2) is 6.94. The summed E-state index contributed by atoms with van der Waals surface area (Å²) in [6.45, 7) is 0. The summed E-state index contributed by atoms with van der Waals surface area (Å²) in [6, 6.07) is 13.3. The zero-order valence-electron chi connectivity index (χ0n) is 17.2. The molecule has 1 amide bonds. The van der Waals surface area contributed by atoms with Crippen LogP contribution in [0.15, 0.2) is 65.1 Å². The molecule has 5 rings (SSSR count). The Balaban J connectivity index is 1.89. The van der Waals surface area contributed by atoms with E-state index in [4.69, 9.17) is 17.3 Å². The Labute approximate surface area is 189 Å². The fourth-order valence-electron chi connectivity index (χ4n) is 5.15. The minimum Gasteiger partial charge on any atom is -0.384 e. The van der Waals surface area contributed by atoms with Gasteiger partial charge in [-0.05, 0) is 37.1 Å². The van der Waals surface area contributed by atoms with Gasteiger partial charge in [0.15, 0.2) is 5.78 Å². The highest BCUT2D eigenvalue weighted by atomic mass is 35.5. The van der Waals surface area contributed by atoms with Crippen LogP contribution in [-0.2, 0) is 15.0 Å². The molecule has 2 aromatic carbocycles. The smallest absolute Gasteiger partial charge is 0.247 e. The topological polar surface area (TPSA) is 90.4 Å². The molecule has 2 heterocycles. The van der Waals surface area contributed by atoms with Crippen LogP contribution < -0.4 is 15.5 Å². The molecule has 32 heavy (non-hydrogen) atoms. The number of amides is 1. The van der Waals surface area contributed by atoms with Gasteiger partial charge in [-0.25, -0.2) is 4.39 Å². The highest BCUT2D eigenvalue weighted by molar-refractivity contribution is 6.31. The Bertz CT molecular complexity index is 1330. The Morgan fingerprint density at radius 3 is 2.66 bits per heavy atom. The number of likely N-dealkylation sites (N-methyl/N-ethyl adjacent to an activating group) is 1. The molecule has 0 fully saturated rings. The lowest BCUT2D eigenvalue weighted by atomic mass is 9.64. The van der Waals surface area contributed by atoms with Gasteiger partial charge in [-0.1, -0.05) is 29.8 Å². The summed E-state index contributed by atoms with van der Waals surface area (Å²) in [5.74, 6) is -1.16. The molecular weight excluding hydrogens is 431 g/mol. The number of fused-ring (bicyclic) bond motifs is 3. The van der Waals surface area contributed by atoms with Crippen molar-refractivity contribution in [2.45, 2.75) is 24.7 Å². The first-order valence-electron chi connectivity index (χ1n) is 10.1. The van der Waals surface area contributed by atoms with Gasteiger partial charge in [0.05, 0.1) is 10.6 Å². The molecule has 2 aromatic rings. The predicted octanol–water partition coefficient (Wildman–Crippen LogP) is 3.91. The highest BCUT2D eigenvalue weighted by Crippen LogP contribution is 2.56. The van der Waals surface area contributed by atoms with E-state index in [1.54, 1.807) is 36.2 Å². The first-order valence-corrected chi connectivity index (χ1v) is 10.5. The van der Waals surface area contributed by atoms with Crippen molar-refractivity contribution in [2.24, 2.45) is 5.73 Å². The number of carbonyl (C=O) groups is 2. The van der Waals surface area contributed by atoms with Gasteiger partial charge in [-0.2, -0.15) is 5.26 Å². The van der Waals surface area contributed by atoms with Crippen molar-refractivity contribution in [3.63, 3.8) is 0 Å². The Kier molecular flexibility index (Phi) is 4.40. The number of nitriles is 1. The lowest BCUT2D eigenvalue weighted by Gasteiger charge is -2.43. The van der Waals surface area contributed by atoms with E-state index in [1.165, 1.54) is 23.1 Å². The Hall–Kier alpha value is -3.63. The standard InChI is InChI=1S/C24H18ClFN4O2/c1-29-18-6-3-2-5-14(18)24(23(29)32)15(12-27)22(28)30(13-9-10-17(26)16(25)11-13)19-7-4-8-20(31)21(19)24/h2-3,5-6,9-11H,4,7-8,28H2,1H3/t24-/m1/s1. The van der Waals surface area contributed by atoms with E-state index < -0.39 is 17.1 Å². The number of nitrogens with two attached hydrogens (primary N) is 1. The van der Waals surface area contributed by atoms with Crippen LogP contribution in [0, 0.1) is 17.1 Å². The zero-order valence-corrected chi connectivity index (χ0v) is 17.9. The Morgan fingerprint density at radius 2 is 1.94 bits per heavy atom. The van der Waals surface area contributed by atoms with Crippen molar-refractivity contribution in [1.29, 1.82) is 5.26 Å². The number of Topliss-reactive ketones (excluding diaryl/α,β-unsaturated/α-hetero) is 1. The van der Waals surface area contributed by atoms with E-state index >= 15 is 0 Å². The highest BCUT2D eigenvalue weighted by Gasteiger charge is 2.61.